The SMILES string of the molecule is CC(NC(=O)c1ccncc1)c1nc2ccccc2n1CCCOc1ccccc1Cl. The normalized spacial score (nSPS) is 11.9. The van der Waals surface area contributed by atoms with Crippen LogP contribution in [-0.2, 0) is 6.54 Å². The van der Waals surface area contributed by atoms with Crippen molar-refractivity contribution in [2.24, 2.45) is 0 Å². The number of imidazole rings is 1. The van der Waals surface area contributed by atoms with Crippen LogP contribution in [0.2, 0.25) is 5.02 Å². The fraction of sp³-hybridized carbons (Fsp3) is 0.208. The van der Waals surface area contributed by atoms with Gasteiger partial charge in [-0.25, -0.2) is 4.98 Å². The number of pyridine rings is 1. The predicted molar refractivity (Wildman–Crippen MR) is 121 cm³/mol. The van der Waals surface area contributed by atoms with Gasteiger partial charge in [-0.1, -0.05) is 35.9 Å². The maximum absolute atomic E-state index is 12.6. The molecule has 4 rings (SSSR count). The van der Waals surface area contributed by atoms with Crippen LogP contribution in [0.15, 0.2) is 73.1 Å². The molecule has 1 amide bonds. The highest BCUT2D eigenvalue weighted by molar-refractivity contribution is 6.32. The van der Waals surface area contributed by atoms with E-state index in [-0.39, 0.29) is 11.9 Å². The van der Waals surface area contributed by atoms with Gasteiger partial charge in [-0.2, -0.15) is 0 Å². The first-order chi connectivity index (χ1) is 15.1. The zero-order chi connectivity index (χ0) is 21.6. The summed E-state index contributed by atoms with van der Waals surface area (Å²) in [5.74, 6) is 1.33. The topological polar surface area (TPSA) is 69.0 Å². The quantitative estimate of drug-likeness (QED) is 0.394. The molecular formula is C24H23ClN4O2. The van der Waals surface area contributed by atoms with Gasteiger partial charge in [-0.15, -0.1) is 0 Å². The second kappa shape index (κ2) is 9.62. The van der Waals surface area contributed by atoms with E-state index < -0.39 is 0 Å². The van der Waals surface area contributed by atoms with Crippen LogP contribution < -0.4 is 10.1 Å². The number of fused-ring (bicyclic) bond motifs is 1. The Labute approximate surface area is 185 Å². The number of halogens is 1. The number of benzene rings is 2. The molecule has 0 saturated carbocycles. The number of amides is 1. The molecule has 2 heterocycles. The number of nitrogens with zero attached hydrogens (tertiary/aromatic N) is 3. The fourth-order valence-electron chi connectivity index (χ4n) is 3.47. The highest BCUT2D eigenvalue weighted by Crippen LogP contribution is 2.24. The molecule has 2 aromatic heterocycles. The zero-order valence-electron chi connectivity index (χ0n) is 17.2. The average Bonchev–Trinajstić information content (AvgIpc) is 3.17. The van der Waals surface area contributed by atoms with Crippen LogP contribution in [0, 0.1) is 0 Å². The van der Waals surface area contributed by atoms with E-state index >= 15 is 0 Å². The van der Waals surface area contributed by atoms with Crippen molar-refractivity contribution in [2.45, 2.75) is 25.9 Å². The molecule has 158 valence electrons. The van der Waals surface area contributed by atoms with Crippen molar-refractivity contribution in [2.75, 3.05) is 6.61 Å². The smallest absolute Gasteiger partial charge is 0.251 e. The van der Waals surface area contributed by atoms with Gasteiger partial charge in [0.2, 0.25) is 0 Å². The van der Waals surface area contributed by atoms with Crippen LogP contribution in [-0.4, -0.2) is 27.0 Å². The van der Waals surface area contributed by atoms with Gasteiger partial charge in [-0.05, 0) is 49.7 Å². The minimum atomic E-state index is -0.266. The molecule has 0 radical (unpaired) electrons. The van der Waals surface area contributed by atoms with E-state index in [9.17, 15) is 4.79 Å². The van der Waals surface area contributed by atoms with Crippen LogP contribution >= 0.6 is 11.6 Å². The van der Waals surface area contributed by atoms with Crippen molar-refractivity contribution < 1.29 is 9.53 Å². The molecule has 2 aromatic carbocycles. The summed E-state index contributed by atoms with van der Waals surface area (Å²) in [6, 6.07) is 18.5. The lowest BCUT2D eigenvalue weighted by Gasteiger charge is -2.17. The first-order valence-electron chi connectivity index (χ1n) is 10.2. The van der Waals surface area contributed by atoms with Gasteiger partial charge in [0.25, 0.3) is 5.91 Å². The number of ether oxygens (including phenoxy) is 1. The van der Waals surface area contributed by atoms with Crippen molar-refractivity contribution in [1.82, 2.24) is 19.9 Å². The number of aromatic nitrogens is 3. The Hall–Kier alpha value is -3.38. The lowest BCUT2D eigenvalue weighted by molar-refractivity contribution is 0.0937. The number of nitrogens with one attached hydrogen (secondary N) is 1. The summed E-state index contributed by atoms with van der Waals surface area (Å²) in [6.45, 7) is 3.17. The van der Waals surface area contributed by atoms with Crippen molar-refractivity contribution in [3.8, 4) is 5.75 Å². The third-order valence-corrected chi connectivity index (χ3v) is 5.29. The molecule has 4 aromatic rings. The number of aryl methyl sites for hydroxylation is 1. The van der Waals surface area contributed by atoms with Gasteiger partial charge in [0.1, 0.15) is 11.6 Å². The Morgan fingerprint density at radius 1 is 1.10 bits per heavy atom. The van der Waals surface area contributed by atoms with E-state index in [4.69, 9.17) is 21.3 Å². The summed E-state index contributed by atoms with van der Waals surface area (Å²) in [5, 5.41) is 3.64. The van der Waals surface area contributed by atoms with Crippen LogP contribution in [0.4, 0.5) is 0 Å². The minimum absolute atomic E-state index is 0.157. The molecule has 0 spiro atoms. The monoisotopic (exact) mass is 434 g/mol. The Kier molecular flexibility index (Phi) is 6.48. The van der Waals surface area contributed by atoms with Gasteiger partial charge in [0.15, 0.2) is 0 Å². The molecule has 6 nitrogen and oxygen atoms in total. The molecule has 1 unspecified atom stereocenters. The Bertz CT molecular complexity index is 1180. The maximum atomic E-state index is 12.6. The number of hydrogen-bond acceptors (Lipinski definition) is 4. The first-order valence-corrected chi connectivity index (χ1v) is 10.5. The Balaban J connectivity index is 1.49. The molecule has 1 N–H and O–H groups in total. The summed E-state index contributed by atoms with van der Waals surface area (Å²) in [4.78, 5) is 21.3. The van der Waals surface area contributed by atoms with E-state index in [2.05, 4.69) is 14.9 Å². The summed E-state index contributed by atoms with van der Waals surface area (Å²) >= 11 is 6.16. The van der Waals surface area contributed by atoms with Gasteiger partial charge >= 0.3 is 0 Å². The number of carbonyl (C=O) groups excluding carboxylic acids is 1. The number of rotatable bonds is 8. The van der Waals surface area contributed by atoms with Crippen molar-refractivity contribution in [3.05, 3.63) is 89.5 Å². The van der Waals surface area contributed by atoms with Gasteiger partial charge in [-0.3, -0.25) is 9.78 Å². The summed E-state index contributed by atoms with van der Waals surface area (Å²) in [6.07, 6.45) is 3.98. The van der Waals surface area contributed by atoms with E-state index in [0.717, 1.165) is 23.3 Å². The molecule has 0 aliphatic rings. The number of hydrogen-bond donors (Lipinski definition) is 1. The van der Waals surface area contributed by atoms with Crippen LogP contribution in [0.1, 0.15) is 35.6 Å². The predicted octanol–water partition coefficient (Wildman–Crippen LogP) is 5.04. The third kappa shape index (κ3) is 4.86. The molecule has 0 aliphatic heterocycles. The Morgan fingerprint density at radius 3 is 2.65 bits per heavy atom. The highest BCUT2D eigenvalue weighted by atomic mass is 35.5. The second-order valence-corrected chi connectivity index (χ2v) is 7.58. The molecule has 0 saturated heterocycles. The van der Waals surface area contributed by atoms with E-state index in [1.54, 1.807) is 24.5 Å². The second-order valence-electron chi connectivity index (χ2n) is 7.17. The van der Waals surface area contributed by atoms with Crippen molar-refractivity contribution in [1.29, 1.82) is 0 Å². The van der Waals surface area contributed by atoms with Gasteiger partial charge in [0, 0.05) is 24.5 Å². The molecular weight excluding hydrogens is 412 g/mol. The van der Waals surface area contributed by atoms with E-state index in [1.165, 1.54) is 0 Å². The number of carbonyl (C=O) groups is 1. The van der Waals surface area contributed by atoms with Crippen molar-refractivity contribution >= 4 is 28.5 Å². The average molecular weight is 435 g/mol. The zero-order valence-corrected chi connectivity index (χ0v) is 17.9. The largest absolute Gasteiger partial charge is 0.492 e. The van der Waals surface area contributed by atoms with Gasteiger partial charge < -0.3 is 14.6 Å². The van der Waals surface area contributed by atoms with Crippen LogP contribution in [0.5, 0.6) is 5.75 Å². The lowest BCUT2D eigenvalue weighted by atomic mass is 10.2. The molecule has 7 heteroatoms. The first kappa shape index (κ1) is 20.9. The molecule has 1 atom stereocenters. The standard InChI is InChI=1S/C24H23ClN4O2/c1-17(27-24(30)18-11-13-26-14-12-18)23-28-20-8-3-4-9-21(20)29(23)15-6-16-31-22-10-5-2-7-19(22)25/h2-5,7-14,17H,6,15-16H2,1H3,(H,27,30). The molecule has 31 heavy (non-hydrogen) atoms. The lowest BCUT2D eigenvalue weighted by Crippen LogP contribution is -2.28. The van der Waals surface area contributed by atoms with E-state index in [1.807, 2.05) is 55.5 Å². The van der Waals surface area contributed by atoms with Gasteiger partial charge in [0.05, 0.1) is 28.7 Å². The van der Waals surface area contributed by atoms with E-state index in [0.29, 0.717) is 29.5 Å². The maximum Gasteiger partial charge on any atom is 0.251 e. The summed E-state index contributed by atoms with van der Waals surface area (Å²) < 4.78 is 7.97. The summed E-state index contributed by atoms with van der Waals surface area (Å²) in [7, 11) is 0. The molecule has 0 aliphatic carbocycles. The highest BCUT2D eigenvalue weighted by Gasteiger charge is 2.19. The minimum Gasteiger partial charge on any atom is -0.492 e. The molecule has 0 fully saturated rings. The van der Waals surface area contributed by atoms with Crippen LogP contribution in [0.3, 0.4) is 0 Å². The van der Waals surface area contributed by atoms with Crippen LogP contribution in [0.25, 0.3) is 11.0 Å². The Morgan fingerprint density at radius 2 is 1.84 bits per heavy atom. The number of para-hydroxylation sites is 3. The summed E-state index contributed by atoms with van der Waals surface area (Å²) in [5.41, 5.74) is 2.49. The molecule has 0 bridgehead atoms. The fourth-order valence-corrected chi connectivity index (χ4v) is 3.66. The third-order valence-electron chi connectivity index (χ3n) is 4.98. The van der Waals surface area contributed by atoms with Crippen molar-refractivity contribution in [3.63, 3.8) is 0 Å².